The van der Waals surface area contributed by atoms with Gasteiger partial charge in [-0.2, -0.15) is 0 Å². The van der Waals surface area contributed by atoms with Gasteiger partial charge in [0.05, 0.1) is 18.6 Å². The molecule has 1 aliphatic rings. The normalized spacial score (nSPS) is 16.1. The van der Waals surface area contributed by atoms with E-state index in [1.54, 1.807) is 37.5 Å². The lowest BCUT2D eigenvalue weighted by molar-refractivity contribution is -0.123. The van der Waals surface area contributed by atoms with Crippen LogP contribution in [0.2, 0.25) is 5.02 Å². The largest absolute Gasteiger partial charge is 0.497 e. The Kier molecular flexibility index (Phi) is 4.92. The fourth-order valence-corrected chi connectivity index (χ4v) is 3.32. The number of ether oxygens (including phenoxy) is 1. The Hall–Kier alpha value is -2.24. The summed E-state index contributed by atoms with van der Waals surface area (Å²) in [4.78, 5) is 26.3. The Bertz CT molecular complexity index is 817. The van der Waals surface area contributed by atoms with E-state index in [4.69, 9.17) is 16.3 Å². The van der Waals surface area contributed by atoms with Crippen molar-refractivity contribution in [1.29, 1.82) is 0 Å². The topological polar surface area (TPSA) is 46.6 Å². The molecule has 0 bridgehead atoms. The number of amides is 2. The van der Waals surface area contributed by atoms with Crippen LogP contribution in [0.15, 0.2) is 53.4 Å². The SMILES string of the molecule is COc1ccc(/C=C2\SC(=O)N(Cc3ccccc3Cl)C2=O)cc1. The number of halogens is 1. The number of rotatable bonds is 4. The van der Waals surface area contributed by atoms with E-state index in [0.29, 0.717) is 9.93 Å². The van der Waals surface area contributed by atoms with Crippen LogP contribution in [0.3, 0.4) is 0 Å². The number of nitrogens with zero attached hydrogens (tertiary/aromatic N) is 1. The molecule has 2 aromatic carbocycles. The second-order valence-electron chi connectivity index (χ2n) is 5.13. The highest BCUT2D eigenvalue weighted by Gasteiger charge is 2.35. The number of benzene rings is 2. The highest BCUT2D eigenvalue weighted by molar-refractivity contribution is 8.18. The van der Waals surface area contributed by atoms with Crippen molar-refractivity contribution in [2.45, 2.75) is 6.54 Å². The highest BCUT2D eigenvalue weighted by Crippen LogP contribution is 2.34. The third-order valence-electron chi connectivity index (χ3n) is 3.57. The van der Waals surface area contributed by atoms with Gasteiger partial charge in [-0.25, -0.2) is 0 Å². The van der Waals surface area contributed by atoms with Crippen LogP contribution < -0.4 is 4.74 Å². The van der Waals surface area contributed by atoms with E-state index >= 15 is 0 Å². The van der Waals surface area contributed by atoms with E-state index in [9.17, 15) is 9.59 Å². The third kappa shape index (κ3) is 3.47. The maximum absolute atomic E-state index is 12.5. The van der Waals surface area contributed by atoms with Crippen molar-refractivity contribution >= 4 is 40.6 Å². The molecule has 3 rings (SSSR count). The van der Waals surface area contributed by atoms with Crippen molar-refractivity contribution in [3.8, 4) is 5.75 Å². The van der Waals surface area contributed by atoms with E-state index < -0.39 is 0 Å². The van der Waals surface area contributed by atoms with E-state index in [2.05, 4.69) is 0 Å². The molecule has 0 spiro atoms. The van der Waals surface area contributed by atoms with Gasteiger partial charge in [-0.3, -0.25) is 14.5 Å². The average molecular weight is 360 g/mol. The molecule has 1 saturated heterocycles. The first kappa shape index (κ1) is 16.6. The number of imide groups is 1. The van der Waals surface area contributed by atoms with Gasteiger partial charge in [0.15, 0.2) is 0 Å². The maximum atomic E-state index is 12.5. The molecular weight excluding hydrogens is 346 g/mol. The first-order valence-corrected chi connectivity index (χ1v) is 8.41. The Balaban J connectivity index is 1.80. The number of hydrogen-bond acceptors (Lipinski definition) is 4. The summed E-state index contributed by atoms with van der Waals surface area (Å²) in [6, 6.07) is 14.5. The Morgan fingerprint density at radius 1 is 1.12 bits per heavy atom. The van der Waals surface area contributed by atoms with E-state index in [-0.39, 0.29) is 17.7 Å². The zero-order valence-electron chi connectivity index (χ0n) is 12.9. The lowest BCUT2D eigenvalue weighted by Crippen LogP contribution is -2.27. The fourth-order valence-electron chi connectivity index (χ4n) is 2.28. The molecule has 24 heavy (non-hydrogen) atoms. The summed E-state index contributed by atoms with van der Waals surface area (Å²) in [6.07, 6.45) is 1.71. The molecular formula is C18H14ClNO3S. The average Bonchev–Trinajstić information content (AvgIpc) is 2.85. The molecule has 0 saturated carbocycles. The molecule has 0 aromatic heterocycles. The second-order valence-corrected chi connectivity index (χ2v) is 6.53. The van der Waals surface area contributed by atoms with E-state index in [1.807, 2.05) is 24.3 Å². The highest BCUT2D eigenvalue weighted by atomic mass is 35.5. The van der Waals surface area contributed by atoms with Crippen LogP contribution in [0, 0.1) is 0 Å². The number of carbonyl (C=O) groups excluding carboxylic acids is 2. The number of hydrogen-bond donors (Lipinski definition) is 0. The van der Waals surface area contributed by atoms with Crippen molar-refractivity contribution in [3.63, 3.8) is 0 Å². The first-order valence-electron chi connectivity index (χ1n) is 7.21. The molecule has 6 heteroatoms. The lowest BCUT2D eigenvalue weighted by Gasteiger charge is -2.13. The molecule has 1 aliphatic heterocycles. The van der Waals surface area contributed by atoms with Gasteiger partial charge in [0.2, 0.25) is 0 Å². The summed E-state index contributed by atoms with van der Waals surface area (Å²) in [5.74, 6) is 0.430. The monoisotopic (exact) mass is 359 g/mol. The van der Waals surface area contributed by atoms with Crippen molar-refractivity contribution in [2.24, 2.45) is 0 Å². The van der Waals surface area contributed by atoms with Gasteiger partial charge in [0, 0.05) is 5.02 Å². The molecule has 0 atom stereocenters. The summed E-state index contributed by atoms with van der Waals surface area (Å²) in [6.45, 7) is 0.171. The molecule has 1 heterocycles. The number of methoxy groups -OCH3 is 1. The van der Waals surface area contributed by atoms with Gasteiger partial charge in [-0.05, 0) is 47.2 Å². The zero-order chi connectivity index (χ0) is 17.1. The molecule has 2 aromatic rings. The molecule has 0 unspecified atom stereocenters. The molecule has 0 aliphatic carbocycles. The van der Waals surface area contributed by atoms with Crippen molar-refractivity contribution in [3.05, 3.63) is 69.6 Å². The first-order chi connectivity index (χ1) is 11.6. The fraction of sp³-hybridized carbons (Fsp3) is 0.111. The molecule has 0 radical (unpaired) electrons. The van der Waals surface area contributed by atoms with Crippen molar-refractivity contribution in [1.82, 2.24) is 4.90 Å². The summed E-state index contributed by atoms with van der Waals surface area (Å²) in [5, 5.41) is 0.246. The molecule has 1 fully saturated rings. The van der Waals surface area contributed by atoms with Gasteiger partial charge < -0.3 is 4.74 Å². The van der Waals surface area contributed by atoms with E-state index in [0.717, 1.165) is 28.6 Å². The minimum absolute atomic E-state index is 0.171. The van der Waals surface area contributed by atoms with Crippen molar-refractivity contribution < 1.29 is 14.3 Å². The van der Waals surface area contributed by atoms with Crippen LogP contribution in [0.5, 0.6) is 5.75 Å². The predicted octanol–water partition coefficient (Wildman–Crippen LogP) is 4.59. The Labute approximate surface area is 149 Å². The number of thioether (sulfide) groups is 1. The van der Waals surface area contributed by atoms with Gasteiger partial charge in [-0.15, -0.1) is 0 Å². The standard InChI is InChI=1S/C18H14ClNO3S/c1-23-14-8-6-12(7-9-14)10-16-17(21)20(18(22)24-16)11-13-4-2-3-5-15(13)19/h2-10H,11H2,1H3/b16-10-. The molecule has 0 N–H and O–H groups in total. The van der Waals surface area contributed by atoms with Gasteiger partial charge >= 0.3 is 0 Å². The summed E-state index contributed by atoms with van der Waals surface area (Å²) >= 11 is 7.05. The quantitative estimate of drug-likeness (QED) is 0.749. The zero-order valence-corrected chi connectivity index (χ0v) is 14.4. The van der Waals surface area contributed by atoms with Gasteiger partial charge in [0.1, 0.15) is 5.75 Å². The van der Waals surface area contributed by atoms with E-state index in [1.165, 1.54) is 4.90 Å². The minimum atomic E-state index is -0.305. The van der Waals surface area contributed by atoms with Crippen LogP contribution in [-0.4, -0.2) is 23.2 Å². The second kappa shape index (κ2) is 7.11. The molecule has 4 nitrogen and oxygen atoms in total. The minimum Gasteiger partial charge on any atom is -0.497 e. The van der Waals surface area contributed by atoms with Gasteiger partial charge in [-0.1, -0.05) is 41.9 Å². The summed E-state index contributed by atoms with van der Waals surface area (Å²) in [5.41, 5.74) is 1.58. The van der Waals surface area contributed by atoms with Gasteiger partial charge in [0.25, 0.3) is 11.1 Å². The van der Waals surface area contributed by atoms with Crippen LogP contribution in [0.25, 0.3) is 6.08 Å². The molecule has 2 amide bonds. The Morgan fingerprint density at radius 3 is 2.50 bits per heavy atom. The van der Waals surface area contributed by atoms with Crippen LogP contribution in [0.1, 0.15) is 11.1 Å². The molecule has 122 valence electrons. The van der Waals surface area contributed by atoms with Crippen LogP contribution in [0.4, 0.5) is 4.79 Å². The summed E-state index contributed by atoms with van der Waals surface area (Å²) in [7, 11) is 1.59. The lowest BCUT2D eigenvalue weighted by atomic mass is 10.2. The summed E-state index contributed by atoms with van der Waals surface area (Å²) < 4.78 is 5.10. The third-order valence-corrected chi connectivity index (χ3v) is 4.85. The van der Waals surface area contributed by atoms with Crippen LogP contribution in [-0.2, 0) is 11.3 Å². The van der Waals surface area contributed by atoms with Crippen LogP contribution >= 0.6 is 23.4 Å². The smallest absolute Gasteiger partial charge is 0.293 e. The number of carbonyl (C=O) groups is 2. The maximum Gasteiger partial charge on any atom is 0.293 e. The Morgan fingerprint density at radius 2 is 1.83 bits per heavy atom. The predicted molar refractivity (Wildman–Crippen MR) is 96.0 cm³/mol. The van der Waals surface area contributed by atoms with Crippen molar-refractivity contribution in [2.75, 3.05) is 7.11 Å².